The molecule has 11 nitrogen and oxygen atoms in total. The molecule has 0 saturated carbocycles. The van der Waals surface area contributed by atoms with E-state index in [1.165, 1.54) is 5.01 Å². The molecule has 1 saturated heterocycles. The van der Waals surface area contributed by atoms with Gasteiger partial charge in [0.05, 0.1) is 6.61 Å². The number of hydrogen-bond donors (Lipinski definition) is 3. The Morgan fingerprint density at radius 1 is 0.902 bits per heavy atom. The van der Waals surface area contributed by atoms with Gasteiger partial charge in [-0.1, -0.05) is 130 Å². The number of benzene rings is 2. The van der Waals surface area contributed by atoms with Gasteiger partial charge in [-0.2, -0.15) is 0 Å². The van der Waals surface area contributed by atoms with Gasteiger partial charge in [-0.05, 0) is 54.9 Å². The number of esters is 1. The third kappa shape index (κ3) is 12.1. The summed E-state index contributed by atoms with van der Waals surface area (Å²) in [4.78, 5) is 54.0. The first-order chi connectivity index (χ1) is 23.6. The molecule has 3 atom stereocenters. The van der Waals surface area contributed by atoms with Crippen LogP contribution in [-0.4, -0.2) is 84.5 Å². The van der Waals surface area contributed by atoms with Crippen LogP contribution in [0.2, 0.25) is 5.04 Å². The lowest BCUT2D eigenvalue weighted by Crippen LogP contribution is -2.69. The van der Waals surface area contributed by atoms with Gasteiger partial charge in [0, 0.05) is 6.54 Å². The van der Waals surface area contributed by atoms with E-state index in [9.17, 15) is 19.2 Å². The Kier molecular flexibility index (Phi) is 14.8. The molecule has 51 heavy (non-hydrogen) atoms. The fraction of sp³-hybridized carbons (Fsp3) is 0.556. The second-order valence-electron chi connectivity index (χ2n) is 14.9. The first-order valence-corrected chi connectivity index (χ1v) is 20.0. The van der Waals surface area contributed by atoms with E-state index in [0.29, 0.717) is 12.8 Å². The van der Waals surface area contributed by atoms with Crippen molar-refractivity contribution < 1.29 is 33.1 Å². The van der Waals surface area contributed by atoms with Gasteiger partial charge in [0.15, 0.2) is 0 Å². The Balaban J connectivity index is 2.01. The Morgan fingerprint density at radius 2 is 1.45 bits per heavy atom. The lowest BCUT2D eigenvalue weighted by atomic mass is 10.0. The quantitative estimate of drug-likeness (QED) is 0.156. The Morgan fingerprint density at radius 3 is 1.92 bits per heavy atom. The number of carbonyl (C=O) groups is 4. The van der Waals surface area contributed by atoms with Gasteiger partial charge >= 0.3 is 12.1 Å². The highest BCUT2D eigenvalue weighted by atomic mass is 35.6. The van der Waals surface area contributed by atoms with Crippen LogP contribution in [0.25, 0.3) is 0 Å². The predicted octanol–water partition coefficient (Wildman–Crippen LogP) is 5.01. The number of rotatable bonds is 12. The Bertz CT molecular complexity index is 1440. The van der Waals surface area contributed by atoms with E-state index in [-0.39, 0.29) is 19.1 Å². The number of alkyl halides is 3. The lowest BCUT2D eigenvalue weighted by molar-refractivity contribution is -0.153. The van der Waals surface area contributed by atoms with E-state index in [1.807, 2.05) is 60.7 Å². The third-order valence-corrected chi connectivity index (χ3v) is 13.6. The van der Waals surface area contributed by atoms with E-state index in [1.54, 1.807) is 34.6 Å². The zero-order valence-electron chi connectivity index (χ0n) is 30.6. The standard InChI is InChI=1S/C36H51Cl3N4O7Si/c1-24(2)29(41-33(47)50-34(3,4)5)30(44)40-28(31(45)43-21-15-20-27(42-43)32(46)48-23-36(37,38)39)22-49-51(35(6,7)8,25-16-11-9-12-17-25)26-18-13-10-14-19-26/h9-14,16-19,24,27-29,42H,15,20-23H2,1-8H3,(H,40,44)(H,41,47)/t27-,28-,29-/m0/s1. The molecule has 15 heteroatoms. The topological polar surface area (TPSA) is 135 Å². The number of amides is 3. The molecule has 1 aliphatic heterocycles. The summed E-state index contributed by atoms with van der Waals surface area (Å²) in [6.45, 7) is 14.6. The molecule has 1 aliphatic rings. The minimum atomic E-state index is -3.16. The molecule has 282 valence electrons. The van der Waals surface area contributed by atoms with Crippen molar-refractivity contribution in [2.24, 2.45) is 5.92 Å². The van der Waals surface area contributed by atoms with Gasteiger partial charge < -0.3 is 24.5 Å². The lowest BCUT2D eigenvalue weighted by Gasteiger charge is -2.44. The molecule has 0 aliphatic carbocycles. The summed E-state index contributed by atoms with van der Waals surface area (Å²) in [5, 5.41) is 8.36. The largest absolute Gasteiger partial charge is 0.460 e. The van der Waals surface area contributed by atoms with Crippen LogP contribution in [0.3, 0.4) is 0 Å². The number of nitrogens with one attached hydrogen (secondary N) is 3. The summed E-state index contributed by atoms with van der Waals surface area (Å²) in [6, 6.07) is 16.6. The molecule has 0 bridgehead atoms. The fourth-order valence-corrected chi connectivity index (χ4v) is 10.7. The minimum absolute atomic E-state index is 0.213. The molecule has 3 rings (SSSR count). The minimum Gasteiger partial charge on any atom is -0.460 e. The van der Waals surface area contributed by atoms with Crippen molar-refractivity contribution in [3.8, 4) is 0 Å². The summed E-state index contributed by atoms with van der Waals surface area (Å²) in [5.74, 6) is -2.20. The Labute approximate surface area is 317 Å². The van der Waals surface area contributed by atoms with Gasteiger partial charge in [-0.3, -0.25) is 19.4 Å². The zero-order chi connectivity index (χ0) is 38.2. The molecule has 0 spiro atoms. The third-order valence-electron chi connectivity index (χ3n) is 8.23. The van der Waals surface area contributed by atoms with Crippen molar-refractivity contribution in [1.82, 2.24) is 21.1 Å². The van der Waals surface area contributed by atoms with Crippen LogP contribution in [0.4, 0.5) is 4.79 Å². The highest BCUT2D eigenvalue weighted by molar-refractivity contribution is 6.99. The van der Waals surface area contributed by atoms with Crippen molar-refractivity contribution in [3.05, 3.63) is 60.7 Å². The SMILES string of the molecule is CC(C)[C@H](NC(=O)OC(C)(C)C)C(=O)N[C@@H](CO[Si](c1ccccc1)(c1ccccc1)C(C)(C)C)C(=O)N1CCC[C@@H](C(=O)OCC(Cl)(Cl)Cl)N1. The van der Waals surface area contributed by atoms with Crippen LogP contribution in [0.5, 0.6) is 0 Å². The van der Waals surface area contributed by atoms with Gasteiger partial charge in [-0.25, -0.2) is 10.2 Å². The van der Waals surface area contributed by atoms with Crippen molar-refractivity contribution in [1.29, 1.82) is 0 Å². The number of hydrogen-bond acceptors (Lipinski definition) is 8. The summed E-state index contributed by atoms with van der Waals surface area (Å²) in [6.07, 6.45) is 0.0571. The molecule has 3 N–H and O–H groups in total. The van der Waals surface area contributed by atoms with Crippen LogP contribution in [0.15, 0.2) is 60.7 Å². The molecule has 2 aromatic carbocycles. The molecule has 0 aromatic heterocycles. The molecule has 1 fully saturated rings. The number of carbonyl (C=O) groups excluding carboxylic acids is 4. The maximum absolute atomic E-state index is 14.4. The first kappa shape index (κ1) is 42.5. The Hall–Kier alpha value is -2.87. The normalized spacial score (nSPS) is 16.9. The van der Waals surface area contributed by atoms with E-state index in [4.69, 9.17) is 48.7 Å². The van der Waals surface area contributed by atoms with Crippen LogP contribution in [0, 0.1) is 5.92 Å². The predicted molar refractivity (Wildman–Crippen MR) is 203 cm³/mol. The van der Waals surface area contributed by atoms with Gasteiger partial charge in [0.2, 0.25) is 9.70 Å². The number of halogens is 3. The molecule has 2 aromatic rings. The van der Waals surface area contributed by atoms with Crippen LogP contribution < -0.4 is 26.4 Å². The number of hydrazine groups is 1. The van der Waals surface area contributed by atoms with E-state index >= 15 is 0 Å². The fourth-order valence-electron chi connectivity index (χ4n) is 5.93. The molecular weight excluding hydrogens is 735 g/mol. The number of ether oxygens (including phenoxy) is 2. The van der Waals surface area contributed by atoms with E-state index in [0.717, 1.165) is 10.4 Å². The van der Waals surface area contributed by atoms with Crippen LogP contribution in [0.1, 0.15) is 68.2 Å². The van der Waals surface area contributed by atoms with Gasteiger partial charge in [0.25, 0.3) is 14.2 Å². The van der Waals surface area contributed by atoms with Crippen LogP contribution >= 0.6 is 34.8 Å². The average Bonchev–Trinajstić information content (AvgIpc) is 3.04. The molecule has 0 radical (unpaired) electrons. The summed E-state index contributed by atoms with van der Waals surface area (Å²) in [5.41, 5.74) is 2.15. The van der Waals surface area contributed by atoms with Crippen LogP contribution in [-0.2, 0) is 28.3 Å². The second kappa shape index (κ2) is 17.8. The smallest absolute Gasteiger partial charge is 0.408 e. The highest BCUT2D eigenvalue weighted by Gasteiger charge is 2.51. The van der Waals surface area contributed by atoms with Crippen molar-refractivity contribution >= 4 is 77.4 Å². The van der Waals surface area contributed by atoms with E-state index < -0.39 is 71.4 Å². The first-order valence-electron chi connectivity index (χ1n) is 17.0. The van der Waals surface area contributed by atoms with E-state index in [2.05, 4.69) is 36.8 Å². The monoisotopic (exact) mass is 784 g/mol. The molecule has 1 heterocycles. The average molecular weight is 786 g/mol. The van der Waals surface area contributed by atoms with Crippen molar-refractivity contribution in [2.45, 2.75) is 101 Å². The molecule has 0 unspecified atom stereocenters. The zero-order valence-corrected chi connectivity index (χ0v) is 33.8. The van der Waals surface area contributed by atoms with Gasteiger partial charge in [-0.15, -0.1) is 0 Å². The van der Waals surface area contributed by atoms with Crippen molar-refractivity contribution in [3.63, 3.8) is 0 Å². The highest BCUT2D eigenvalue weighted by Crippen LogP contribution is 2.37. The summed E-state index contributed by atoms with van der Waals surface area (Å²) < 4.78 is 15.9. The summed E-state index contributed by atoms with van der Waals surface area (Å²) in [7, 11) is -3.16. The maximum Gasteiger partial charge on any atom is 0.408 e. The number of alkyl carbamates (subject to hydrolysis) is 1. The van der Waals surface area contributed by atoms with Crippen molar-refractivity contribution in [2.75, 3.05) is 19.8 Å². The summed E-state index contributed by atoms with van der Waals surface area (Å²) >= 11 is 17.3. The van der Waals surface area contributed by atoms with Gasteiger partial charge in [0.1, 0.15) is 30.3 Å². The maximum atomic E-state index is 14.4. The molecular formula is C36H51Cl3N4O7Si. The number of nitrogens with zero attached hydrogens (tertiary/aromatic N) is 1. The second-order valence-corrected chi connectivity index (χ2v) is 21.8. The molecule has 3 amide bonds.